The maximum Gasteiger partial charge on any atom is 0.246 e. The van der Waals surface area contributed by atoms with Gasteiger partial charge in [-0.25, -0.2) is 0 Å². The zero-order valence-electron chi connectivity index (χ0n) is 11.7. The lowest BCUT2D eigenvalue weighted by molar-refractivity contribution is -0.128. The van der Waals surface area contributed by atoms with E-state index in [1.54, 1.807) is 0 Å². The third-order valence-electron chi connectivity index (χ3n) is 3.99. The Morgan fingerprint density at radius 1 is 1.40 bits per heavy atom. The Labute approximate surface area is 123 Å². The minimum absolute atomic E-state index is 0.00269. The molecular formula is C15H22N2O2S. The summed E-state index contributed by atoms with van der Waals surface area (Å²) in [5.41, 5.74) is 1.49. The van der Waals surface area contributed by atoms with Crippen LogP contribution in [0, 0.1) is 0 Å². The van der Waals surface area contributed by atoms with E-state index in [0.717, 1.165) is 25.9 Å². The molecule has 1 aromatic heterocycles. The summed E-state index contributed by atoms with van der Waals surface area (Å²) in [5.74, 6) is -0.00269. The Kier molecular flexibility index (Phi) is 4.70. The third-order valence-corrected chi connectivity index (χ3v) is 5.23. The minimum Gasteiger partial charge on any atom is -0.368 e. The van der Waals surface area contributed by atoms with Gasteiger partial charge in [-0.05, 0) is 56.8 Å². The van der Waals surface area contributed by atoms with E-state index in [1.807, 2.05) is 11.3 Å². The van der Waals surface area contributed by atoms with Crippen molar-refractivity contribution < 1.29 is 9.53 Å². The highest BCUT2D eigenvalue weighted by atomic mass is 32.1. The maximum atomic E-state index is 11.8. The highest BCUT2D eigenvalue weighted by molar-refractivity contribution is 7.12. The van der Waals surface area contributed by atoms with Crippen LogP contribution in [0.4, 0.5) is 0 Å². The van der Waals surface area contributed by atoms with Crippen molar-refractivity contribution in [3.63, 3.8) is 0 Å². The zero-order valence-corrected chi connectivity index (χ0v) is 12.6. The molecule has 1 aromatic rings. The van der Waals surface area contributed by atoms with E-state index in [2.05, 4.69) is 16.7 Å². The van der Waals surface area contributed by atoms with Gasteiger partial charge >= 0.3 is 0 Å². The summed E-state index contributed by atoms with van der Waals surface area (Å²) in [6.45, 7) is 2.82. The van der Waals surface area contributed by atoms with Gasteiger partial charge in [0.1, 0.15) is 6.61 Å². The molecule has 110 valence electrons. The van der Waals surface area contributed by atoms with Crippen molar-refractivity contribution in [3.05, 3.63) is 21.4 Å². The molecule has 0 radical (unpaired) electrons. The van der Waals surface area contributed by atoms with Crippen LogP contribution in [0.3, 0.4) is 0 Å². The van der Waals surface area contributed by atoms with Crippen molar-refractivity contribution in [2.45, 2.75) is 44.8 Å². The molecule has 5 heteroatoms. The second kappa shape index (κ2) is 6.70. The van der Waals surface area contributed by atoms with Crippen LogP contribution in [0.5, 0.6) is 0 Å². The number of piperidine rings is 1. The van der Waals surface area contributed by atoms with Crippen LogP contribution >= 0.6 is 11.3 Å². The lowest BCUT2D eigenvalue weighted by Crippen LogP contribution is -2.35. The van der Waals surface area contributed by atoms with Crippen molar-refractivity contribution >= 4 is 17.2 Å². The van der Waals surface area contributed by atoms with Gasteiger partial charge in [-0.15, -0.1) is 11.3 Å². The summed E-state index contributed by atoms with van der Waals surface area (Å²) in [6, 6.07) is 2.25. The van der Waals surface area contributed by atoms with E-state index < -0.39 is 0 Å². The Morgan fingerprint density at radius 2 is 2.25 bits per heavy atom. The van der Waals surface area contributed by atoms with Crippen LogP contribution in [0.2, 0.25) is 0 Å². The second-order valence-corrected chi connectivity index (χ2v) is 6.77. The average Bonchev–Trinajstić information content (AvgIpc) is 3.05. The van der Waals surface area contributed by atoms with Crippen LogP contribution in [0.15, 0.2) is 6.07 Å². The standard InChI is InChI=1S/C15H22N2O2S/c18-15(10-19-12-4-6-16-7-5-12)17-9-13-8-11-2-1-3-14(11)20-13/h8,12,16H,1-7,9-10H2,(H,17,18). The summed E-state index contributed by atoms with van der Waals surface area (Å²) >= 11 is 1.85. The molecule has 0 atom stereocenters. The Hall–Kier alpha value is -0.910. The molecule has 0 unspecified atom stereocenters. The molecule has 0 saturated carbocycles. The number of carbonyl (C=O) groups excluding carboxylic acids is 1. The normalized spacial score (nSPS) is 19.0. The van der Waals surface area contributed by atoms with Gasteiger partial charge < -0.3 is 15.4 Å². The number of hydrogen-bond donors (Lipinski definition) is 2. The summed E-state index contributed by atoms with van der Waals surface area (Å²) in [6.07, 6.45) is 5.96. The van der Waals surface area contributed by atoms with Crippen LogP contribution in [-0.2, 0) is 28.9 Å². The fourth-order valence-corrected chi connectivity index (χ4v) is 4.07. The van der Waals surface area contributed by atoms with E-state index in [-0.39, 0.29) is 18.6 Å². The molecule has 0 bridgehead atoms. The number of thiophene rings is 1. The van der Waals surface area contributed by atoms with E-state index in [1.165, 1.54) is 34.6 Å². The van der Waals surface area contributed by atoms with Crippen molar-refractivity contribution in [2.75, 3.05) is 19.7 Å². The molecule has 1 saturated heterocycles. The van der Waals surface area contributed by atoms with Crippen molar-refractivity contribution in [2.24, 2.45) is 0 Å². The van der Waals surface area contributed by atoms with Crippen LogP contribution in [0.1, 0.15) is 34.6 Å². The van der Waals surface area contributed by atoms with Gasteiger partial charge in [-0.3, -0.25) is 4.79 Å². The van der Waals surface area contributed by atoms with Gasteiger partial charge in [0.2, 0.25) is 5.91 Å². The fourth-order valence-electron chi connectivity index (χ4n) is 2.87. The third kappa shape index (κ3) is 3.59. The van der Waals surface area contributed by atoms with E-state index in [0.29, 0.717) is 6.54 Å². The maximum absolute atomic E-state index is 11.8. The topological polar surface area (TPSA) is 50.4 Å². The van der Waals surface area contributed by atoms with Gasteiger partial charge in [0.25, 0.3) is 0 Å². The Bertz CT molecular complexity index is 445. The number of fused-ring (bicyclic) bond motifs is 1. The molecule has 1 fully saturated rings. The fraction of sp³-hybridized carbons (Fsp3) is 0.667. The average molecular weight is 294 g/mol. The molecule has 2 N–H and O–H groups in total. The number of amides is 1. The number of nitrogens with one attached hydrogen (secondary N) is 2. The predicted molar refractivity (Wildman–Crippen MR) is 80.0 cm³/mol. The largest absolute Gasteiger partial charge is 0.368 e. The first-order valence-corrected chi connectivity index (χ1v) is 8.32. The van der Waals surface area contributed by atoms with Gasteiger partial charge in [-0.2, -0.15) is 0 Å². The van der Waals surface area contributed by atoms with Gasteiger partial charge in [-0.1, -0.05) is 0 Å². The molecule has 2 aliphatic rings. The smallest absolute Gasteiger partial charge is 0.246 e. The molecule has 20 heavy (non-hydrogen) atoms. The molecule has 3 rings (SSSR count). The molecule has 1 amide bonds. The Balaban J connectivity index is 1.38. The molecular weight excluding hydrogens is 272 g/mol. The summed E-state index contributed by atoms with van der Waals surface area (Å²) < 4.78 is 5.65. The van der Waals surface area contributed by atoms with E-state index in [4.69, 9.17) is 4.74 Å². The van der Waals surface area contributed by atoms with Crippen molar-refractivity contribution in [3.8, 4) is 0 Å². The SMILES string of the molecule is O=C(COC1CCNCC1)NCc1cc2c(s1)CCC2. The molecule has 1 aliphatic carbocycles. The number of rotatable bonds is 5. The first kappa shape index (κ1) is 14.0. The first-order valence-electron chi connectivity index (χ1n) is 7.51. The second-order valence-electron chi connectivity index (χ2n) is 5.55. The van der Waals surface area contributed by atoms with E-state index >= 15 is 0 Å². The monoisotopic (exact) mass is 294 g/mol. The van der Waals surface area contributed by atoms with Crippen molar-refractivity contribution in [1.82, 2.24) is 10.6 Å². The lowest BCUT2D eigenvalue weighted by atomic mass is 10.1. The Morgan fingerprint density at radius 3 is 3.05 bits per heavy atom. The number of hydrogen-bond acceptors (Lipinski definition) is 4. The summed E-state index contributed by atoms with van der Waals surface area (Å²) in [7, 11) is 0. The molecule has 0 aromatic carbocycles. The molecule has 2 heterocycles. The summed E-state index contributed by atoms with van der Waals surface area (Å²) in [5, 5.41) is 6.25. The minimum atomic E-state index is -0.00269. The number of ether oxygens (including phenoxy) is 1. The highest BCUT2D eigenvalue weighted by Crippen LogP contribution is 2.30. The molecule has 0 spiro atoms. The molecule has 4 nitrogen and oxygen atoms in total. The quantitative estimate of drug-likeness (QED) is 0.867. The first-order chi connectivity index (χ1) is 9.81. The van der Waals surface area contributed by atoms with Gasteiger partial charge in [0, 0.05) is 9.75 Å². The van der Waals surface area contributed by atoms with Crippen LogP contribution < -0.4 is 10.6 Å². The van der Waals surface area contributed by atoms with Gasteiger partial charge in [0.05, 0.1) is 12.6 Å². The number of carbonyl (C=O) groups is 1. The summed E-state index contributed by atoms with van der Waals surface area (Å²) in [4.78, 5) is 14.6. The van der Waals surface area contributed by atoms with Crippen LogP contribution in [0.25, 0.3) is 0 Å². The van der Waals surface area contributed by atoms with Crippen LogP contribution in [-0.4, -0.2) is 31.7 Å². The molecule has 1 aliphatic heterocycles. The highest BCUT2D eigenvalue weighted by Gasteiger charge is 2.16. The lowest BCUT2D eigenvalue weighted by Gasteiger charge is -2.22. The number of aryl methyl sites for hydroxylation is 2. The van der Waals surface area contributed by atoms with Gasteiger partial charge in [0.15, 0.2) is 0 Å². The predicted octanol–water partition coefficient (Wildman–Crippen LogP) is 1.62. The zero-order chi connectivity index (χ0) is 13.8. The van der Waals surface area contributed by atoms with Crippen molar-refractivity contribution in [1.29, 1.82) is 0 Å². The van der Waals surface area contributed by atoms with E-state index in [9.17, 15) is 4.79 Å².